The van der Waals surface area contributed by atoms with Crippen molar-refractivity contribution >= 4 is 18.0 Å². The Balaban J connectivity index is 3.13. The van der Waals surface area contributed by atoms with Gasteiger partial charge in [0.05, 0.1) is 13.2 Å². The average molecular weight is 284 g/mol. The van der Waals surface area contributed by atoms with Gasteiger partial charge in [-0.3, -0.25) is 0 Å². The van der Waals surface area contributed by atoms with Gasteiger partial charge in [0.15, 0.2) is 11.6 Å². The highest BCUT2D eigenvalue weighted by atomic mass is 19.2. The number of carbonyl (C=O) groups is 2. The molecule has 108 valence electrons. The van der Waals surface area contributed by atoms with E-state index in [1.165, 1.54) is 6.07 Å². The predicted molar refractivity (Wildman–Crippen MR) is 67.6 cm³/mol. The lowest BCUT2D eigenvalue weighted by Gasteiger charge is -2.06. The van der Waals surface area contributed by atoms with Crippen LogP contribution in [0.1, 0.15) is 19.4 Å². The highest BCUT2D eigenvalue weighted by molar-refractivity contribution is 6.17. The second-order valence-corrected chi connectivity index (χ2v) is 3.67. The van der Waals surface area contributed by atoms with E-state index >= 15 is 0 Å². The van der Waals surface area contributed by atoms with Crippen molar-refractivity contribution in [3.05, 3.63) is 41.0 Å². The molecule has 0 fully saturated rings. The number of ether oxygens (including phenoxy) is 2. The summed E-state index contributed by atoms with van der Waals surface area (Å²) in [6, 6.07) is 3.00. The van der Waals surface area contributed by atoms with Gasteiger partial charge in [-0.25, -0.2) is 18.4 Å². The third-order valence-corrected chi connectivity index (χ3v) is 2.25. The van der Waals surface area contributed by atoms with Crippen LogP contribution in [0.2, 0.25) is 0 Å². The molecule has 0 saturated carbocycles. The molecule has 0 saturated heterocycles. The van der Waals surface area contributed by atoms with E-state index in [1.807, 2.05) is 0 Å². The van der Waals surface area contributed by atoms with Gasteiger partial charge in [0.1, 0.15) is 5.57 Å². The molecule has 0 N–H and O–H groups in total. The van der Waals surface area contributed by atoms with Crippen LogP contribution in [0.4, 0.5) is 8.78 Å². The molecule has 0 bridgehead atoms. The highest BCUT2D eigenvalue weighted by Crippen LogP contribution is 2.14. The van der Waals surface area contributed by atoms with E-state index in [2.05, 4.69) is 0 Å². The Hall–Kier alpha value is -2.24. The predicted octanol–water partition coefficient (Wildman–Crippen LogP) is 2.47. The SMILES string of the molecule is CCOC(=O)C(=Cc1ccc(F)c(F)c1)C(=O)OCC. The molecular weight excluding hydrogens is 270 g/mol. The van der Waals surface area contributed by atoms with Crippen LogP contribution in [-0.2, 0) is 19.1 Å². The van der Waals surface area contributed by atoms with Crippen molar-refractivity contribution in [3.8, 4) is 0 Å². The minimum Gasteiger partial charge on any atom is -0.462 e. The van der Waals surface area contributed by atoms with Crippen LogP contribution < -0.4 is 0 Å². The summed E-state index contributed by atoms with van der Waals surface area (Å²) >= 11 is 0. The minimum absolute atomic E-state index is 0.0767. The Morgan fingerprint density at radius 3 is 2.05 bits per heavy atom. The number of hydrogen-bond donors (Lipinski definition) is 0. The van der Waals surface area contributed by atoms with Gasteiger partial charge in [-0.05, 0) is 37.6 Å². The fourth-order valence-corrected chi connectivity index (χ4v) is 1.39. The molecule has 0 spiro atoms. The first-order valence-electron chi connectivity index (χ1n) is 6.00. The van der Waals surface area contributed by atoms with E-state index < -0.39 is 23.6 Å². The summed E-state index contributed by atoms with van der Waals surface area (Å²) in [5, 5.41) is 0. The first-order valence-corrected chi connectivity index (χ1v) is 6.00. The van der Waals surface area contributed by atoms with Crippen molar-refractivity contribution in [2.24, 2.45) is 0 Å². The Bertz CT molecular complexity index is 518. The molecule has 1 aromatic rings. The van der Waals surface area contributed by atoms with E-state index in [1.54, 1.807) is 13.8 Å². The van der Waals surface area contributed by atoms with Crippen LogP contribution in [0.25, 0.3) is 6.08 Å². The molecular formula is C14H14F2O4. The van der Waals surface area contributed by atoms with Gasteiger partial charge in [0, 0.05) is 0 Å². The Morgan fingerprint density at radius 1 is 1.05 bits per heavy atom. The van der Waals surface area contributed by atoms with Crippen LogP contribution in [0.15, 0.2) is 23.8 Å². The van der Waals surface area contributed by atoms with Crippen molar-refractivity contribution in [2.75, 3.05) is 13.2 Å². The summed E-state index contributed by atoms with van der Waals surface area (Å²) in [5.41, 5.74) is -0.222. The van der Waals surface area contributed by atoms with Crippen molar-refractivity contribution < 1.29 is 27.8 Å². The van der Waals surface area contributed by atoms with Gasteiger partial charge in [-0.15, -0.1) is 0 Å². The van der Waals surface area contributed by atoms with E-state index in [4.69, 9.17) is 9.47 Å². The molecule has 0 radical (unpaired) electrons. The standard InChI is InChI=1S/C14H14F2O4/c1-3-19-13(17)10(14(18)20-4-2)7-9-5-6-11(15)12(16)8-9/h5-8H,3-4H2,1-2H3. The normalized spacial score (nSPS) is 9.80. The summed E-state index contributed by atoms with van der Waals surface area (Å²) in [6.07, 6.45) is 1.10. The van der Waals surface area contributed by atoms with E-state index in [9.17, 15) is 18.4 Å². The number of halogens is 2. The highest BCUT2D eigenvalue weighted by Gasteiger charge is 2.21. The smallest absolute Gasteiger partial charge is 0.345 e. The maximum Gasteiger partial charge on any atom is 0.345 e. The van der Waals surface area contributed by atoms with Crippen LogP contribution in [0.5, 0.6) is 0 Å². The lowest BCUT2D eigenvalue weighted by molar-refractivity contribution is -0.146. The zero-order valence-electron chi connectivity index (χ0n) is 11.1. The molecule has 0 amide bonds. The van der Waals surface area contributed by atoms with Crippen LogP contribution in [0.3, 0.4) is 0 Å². The van der Waals surface area contributed by atoms with Crippen molar-refractivity contribution in [3.63, 3.8) is 0 Å². The first kappa shape index (κ1) is 15.8. The van der Waals surface area contributed by atoms with Gasteiger partial charge in [0.2, 0.25) is 0 Å². The van der Waals surface area contributed by atoms with Gasteiger partial charge in [-0.1, -0.05) is 6.07 Å². The topological polar surface area (TPSA) is 52.6 Å². The number of esters is 2. The third kappa shape index (κ3) is 4.15. The fourth-order valence-electron chi connectivity index (χ4n) is 1.39. The fraction of sp³-hybridized carbons (Fsp3) is 0.286. The van der Waals surface area contributed by atoms with Crippen LogP contribution >= 0.6 is 0 Å². The second-order valence-electron chi connectivity index (χ2n) is 3.67. The summed E-state index contributed by atoms with van der Waals surface area (Å²) in [6.45, 7) is 3.32. The summed E-state index contributed by atoms with van der Waals surface area (Å²) in [5.74, 6) is -3.85. The van der Waals surface area contributed by atoms with Gasteiger partial charge < -0.3 is 9.47 Å². The Labute approximate surface area is 115 Å². The van der Waals surface area contributed by atoms with E-state index in [0.717, 1.165) is 18.2 Å². The molecule has 20 heavy (non-hydrogen) atoms. The van der Waals surface area contributed by atoms with E-state index in [0.29, 0.717) is 0 Å². The Kier molecular flexibility index (Phi) is 5.83. The number of rotatable bonds is 5. The lowest BCUT2D eigenvalue weighted by atomic mass is 10.1. The van der Waals surface area contributed by atoms with Crippen LogP contribution in [-0.4, -0.2) is 25.2 Å². The quantitative estimate of drug-likeness (QED) is 0.361. The molecule has 0 unspecified atom stereocenters. The minimum atomic E-state index is -1.08. The number of benzene rings is 1. The maximum absolute atomic E-state index is 13.1. The molecule has 0 aliphatic rings. The van der Waals surface area contributed by atoms with Crippen molar-refractivity contribution in [1.82, 2.24) is 0 Å². The second kappa shape index (κ2) is 7.37. The zero-order chi connectivity index (χ0) is 15.1. The molecule has 0 aliphatic carbocycles. The molecule has 1 rings (SSSR count). The summed E-state index contributed by atoms with van der Waals surface area (Å²) in [4.78, 5) is 23.3. The maximum atomic E-state index is 13.1. The van der Waals surface area contributed by atoms with E-state index in [-0.39, 0.29) is 24.4 Å². The van der Waals surface area contributed by atoms with Crippen molar-refractivity contribution in [1.29, 1.82) is 0 Å². The summed E-state index contributed by atoms with van der Waals surface area (Å²) < 4.78 is 35.4. The molecule has 0 heterocycles. The molecule has 4 nitrogen and oxygen atoms in total. The number of hydrogen-bond acceptors (Lipinski definition) is 4. The Morgan fingerprint density at radius 2 is 1.60 bits per heavy atom. The van der Waals surface area contributed by atoms with Gasteiger partial charge >= 0.3 is 11.9 Å². The monoisotopic (exact) mass is 284 g/mol. The lowest BCUT2D eigenvalue weighted by Crippen LogP contribution is -2.18. The molecule has 0 atom stereocenters. The van der Waals surface area contributed by atoms with Crippen molar-refractivity contribution in [2.45, 2.75) is 13.8 Å². The average Bonchev–Trinajstić information content (AvgIpc) is 2.40. The first-order chi connectivity index (χ1) is 9.49. The largest absolute Gasteiger partial charge is 0.462 e. The molecule has 0 aromatic heterocycles. The third-order valence-electron chi connectivity index (χ3n) is 2.25. The number of carbonyl (C=O) groups excluding carboxylic acids is 2. The zero-order valence-corrected chi connectivity index (χ0v) is 11.1. The van der Waals surface area contributed by atoms with Crippen LogP contribution in [0, 0.1) is 11.6 Å². The van der Waals surface area contributed by atoms with Gasteiger partial charge in [0.25, 0.3) is 0 Å². The van der Waals surface area contributed by atoms with Gasteiger partial charge in [-0.2, -0.15) is 0 Å². The molecule has 6 heteroatoms. The molecule has 0 aliphatic heterocycles. The molecule has 1 aromatic carbocycles. The summed E-state index contributed by atoms with van der Waals surface area (Å²) in [7, 11) is 0.